The van der Waals surface area contributed by atoms with Gasteiger partial charge in [0.2, 0.25) is 5.95 Å². The van der Waals surface area contributed by atoms with Crippen molar-refractivity contribution in [2.45, 2.75) is 19.3 Å². The van der Waals surface area contributed by atoms with Crippen LogP contribution in [0.4, 0.5) is 5.95 Å². The lowest BCUT2D eigenvalue weighted by atomic mass is 9.85. The molecule has 0 atom stereocenters. The summed E-state index contributed by atoms with van der Waals surface area (Å²) in [7, 11) is 0. The van der Waals surface area contributed by atoms with Crippen molar-refractivity contribution in [1.29, 1.82) is 0 Å². The molecule has 7 nitrogen and oxygen atoms in total. The van der Waals surface area contributed by atoms with Gasteiger partial charge in [-0.25, -0.2) is 14.3 Å². The van der Waals surface area contributed by atoms with Gasteiger partial charge >= 0.3 is 5.97 Å². The van der Waals surface area contributed by atoms with Crippen molar-refractivity contribution in [2.75, 3.05) is 11.9 Å². The molecule has 3 N–H and O–H groups in total. The van der Waals surface area contributed by atoms with E-state index >= 15 is 0 Å². The van der Waals surface area contributed by atoms with Crippen LogP contribution in [0.2, 0.25) is 0 Å². The molecule has 0 saturated carbocycles. The van der Waals surface area contributed by atoms with Crippen LogP contribution in [0, 0.1) is 0 Å². The van der Waals surface area contributed by atoms with Gasteiger partial charge in [0.15, 0.2) is 0 Å². The van der Waals surface area contributed by atoms with Gasteiger partial charge in [0.1, 0.15) is 0 Å². The molecule has 0 saturated heterocycles. The van der Waals surface area contributed by atoms with Crippen molar-refractivity contribution < 1.29 is 9.90 Å². The van der Waals surface area contributed by atoms with Crippen LogP contribution in [0.15, 0.2) is 48.5 Å². The van der Waals surface area contributed by atoms with Crippen molar-refractivity contribution in [3.63, 3.8) is 0 Å². The average molecular weight is 349 g/mol. The molecule has 0 aliphatic heterocycles. The minimum absolute atomic E-state index is 0.0609. The summed E-state index contributed by atoms with van der Waals surface area (Å²) >= 11 is 0. The molecule has 0 bridgehead atoms. The number of nitrogens with one attached hydrogen (secondary N) is 2. The fraction of sp³-hybridized carbons (Fsp3) is 0.211. The molecule has 26 heavy (non-hydrogen) atoms. The number of rotatable bonds is 5. The monoisotopic (exact) mass is 349 g/mol. The average Bonchev–Trinajstić information content (AvgIpc) is 3.17. The quantitative estimate of drug-likeness (QED) is 0.514. The molecule has 132 valence electrons. The maximum absolute atomic E-state index is 11.1. The van der Waals surface area contributed by atoms with E-state index in [1.807, 2.05) is 18.2 Å². The van der Waals surface area contributed by atoms with Gasteiger partial charge in [-0.2, -0.15) is 4.98 Å². The number of hydrogen-bond acceptors (Lipinski definition) is 4. The normalized spacial score (nSPS) is 11.9. The Kier molecular flexibility index (Phi) is 3.64. The van der Waals surface area contributed by atoms with Crippen LogP contribution in [-0.2, 0) is 5.41 Å². The Bertz CT molecular complexity index is 1100. The molecule has 2 aromatic heterocycles. The SMILES string of the molecule is CC(C)(CNc1nc2nc3cc(C(=O)O)ccc3n2[nH]1)c1ccccc1. The zero-order chi connectivity index (χ0) is 18.3. The van der Waals surface area contributed by atoms with Crippen LogP contribution < -0.4 is 5.32 Å². The zero-order valence-electron chi connectivity index (χ0n) is 14.5. The summed E-state index contributed by atoms with van der Waals surface area (Å²) in [5.74, 6) is 0.158. The number of benzene rings is 2. The number of carbonyl (C=O) groups is 1. The Morgan fingerprint density at radius 2 is 1.96 bits per heavy atom. The molecule has 0 spiro atoms. The lowest BCUT2D eigenvalue weighted by Gasteiger charge is -2.25. The van der Waals surface area contributed by atoms with Gasteiger partial charge in [-0.1, -0.05) is 44.2 Å². The number of nitrogens with zero attached hydrogens (tertiary/aromatic N) is 3. The number of H-pyrrole nitrogens is 1. The van der Waals surface area contributed by atoms with Crippen LogP contribution in [-0.4, -0.2) is 37.2 Å². The highest BCUT2D eigenvalue weighted by Gasteiger charge is 2.21. The zero-order valence-corrected chi connectivity index (χ0v) is 14.5. The van der Waals surface area contributed by atoms with Gasteiger partial charge in [0.05, 0.1) is 16.6 Å². The summed E-state index contributed by atoms with van der Waals surface area (Å²) in [5, 5.41) is 15.6. The fourth-order valence-electron chi connectivity index (χ4n) is 2.99. The summed E-state index contributed by atoms with van der Waals surface area (Å²) in [4.78, 5) is 19.9. The third-order valence-corrected chi connectivity index (χ3v) is 4.57. The Morgan fingerprint density at radius 1 is 1.19 bits per heavy atom. The molecule has 0 aliphatic rings. The summed E-state index contributed by atoms with van der Waals surface area (Å²) in [6.07, 6.45) is 0. The smallest absolute Gasteiger partial charge is 0.335 e. The van der Waals surface area contributed by atoms with E-state index in [0.717, 1.165) is 5.52 Å². The molecule has 0 unspecified atom stereocenters. The Balaban J connectivity index is 1.59. The lowest BCUT2D eigenvalue weighted by molar-refractivity contribution is 0.0697. The largest absolute Gasteiger partial charge is 0.478 e. The number of aromatic carboxylic acids is 1. The Labute approximate surface area is 149 Å². The first-order valence-corrected chi connectivity index (χ1v) is 8.35. The number of hydrogen-bond donors (Lipinski definition) is 3. The number of aromatic nitrogens is 4. The van der Waals surface area contributed by atoms with E-state index < -0.39 is 5.97 Å². The topological polar surface area (TPSA) is 95.3 Å². The standard InChI is InChI=1S/C19H19N5O2/c1-19(2,13-6-4-3-5-7-13)11-20-17-22-18-21-14-10-12(16(25)26)8-9-15(14)24(18)23-17/h3-10H,11H2,1-2H3,(H,25,26)(H2,20,21,22,23). The van der Waals surface area contributed by atoms with Crippen molar-refractivity contribution >= 4 is 28.7 Å². The van der Waals surface area contributed by atoms with Gasteiger partial charge in [-0.3, -0.25) is 5.10 Å². The first kappa shape index (κ1) is 16.1. The second kappa shape index (κ2) is 5.87. The van der Waals surface area contributed by atoms with Crippen LogP contribution in [0.5, 0.6) is 0 Å². The molecule has 2 aromatic carbocycles. The van der Waals surface area contributed by atoms with Gasteiger partial charge < -0.3 is 10.4 Å². The maximum atomic E-state index is 11.1. The minimum Gasteiger partial charge on any atom is -0.478 e. The van der Waals surface area contributed by atoms with E-state index in [1.165, 1.54) is 5.56 Å². The molecule has 0 radical (unpaired) electrons. The number of imidazole rings is 1. The number of aromatic amines is 1. The molecule has 0 amide bonds. The van der Waals surface area contributed by atoms with Crippen molar-refractivity contribution in [3.8, 4) is 0 Å². The summed E-state index contributed by atoms with van der Waals surface area (Å²) in [6.45, 7) is 5.05. The third kappa shape index (κ3) is 2.77. The van der Waals surface area contributed by atoms with Crippen molar-refractivity contribution in [1.82, 2.24) is 19.6 Å². The van der Waals surface area contributed by atoms with E-state index in [2.05, 4.69) is 46.4 Å². The van der Waals surface area contributed by atoms with E-state index in [9.17, 15) is 4.79 Å². The number of carboxylic acids is 1. The molecular weight excluding hydrogens is 330 g/mol. The highest BCUT2D eigenvalue weighted by atomic mass is 16.4. The fourth-order valence-corrected chi connectivity index (χ4v) is 2.99. The highest BCUT2D eigenvalue weighted by Crippen LogP contribution is 2.23. The molecular formula is C19H19N5O2. The van der Waals surface area contributed by atoms with Crippen LogP contribution in [0.3, 0.4) is 0 Å². The Morgan fingerprint density at radius 3 is 2.69 bits per heavy atom. The van der Waals surface area contributed by atoms with Crippen LogP contribution in [0.25, 0.3) is 16.8 Å². The van der Waals surface area contributed by atoms with Crippen molar-refractivity contribution in [3.05, 3.63) is 59.7 Å². The predicted molar refractivity (Wildman–Crippen MR) is 99.8 cm³/mol. The second-order valence-electron chi connectivity index (χ2n) is 6.93. The molecule has 2 heterocycles. The summed E-state index contributed by atoms with van der Waals surface area (Å²) in [5.41, 5.74) is 2.78. The van der Waals surface area contributed by atoms with Crippen molar-refractivity contribution in [2.24, 2.45) is 0 Å². The lowest BCUT2D eigenvalue weighted by Crippen LogP contribution is -2.27. The second-order valence-corrected chi connectivity index (χ2v) is 6.93. The first-order valence-electron chi connectivity index (χ1n) is 8.35. The van der Waals surface area contributed by atoms with Gasteiger partial charge in [0, 0.05) is 12.0 Å². The molecule has 0 fully saturated rings. The summed E-state index contributed by atoms with van der Waals surface area (Å²) < 4.78 is 1.75. The predicted octanol–water partition coefficient (Wildman–Crippen LogP) is 3.30. The summed E-state index contributed by atoms with van der Waals surface area (Å²) in [6, 6.07) is 15.2. The minimum atomic E-state index is -0.970. The first-order chi connectivity index (χ1) is 12.4. The number of carboxylic acid groups (broad SMARTS) is 1. The molecule has 4 aromatic rings. The Hall–Kier alpha value is -3.35. The molecule has 0 aliphatic carbocycles. The molecule has 7 heteroatoms. The van der Waals surface area contributed by atoms with Crippen LogP contribution in [0.1, 0.15) is 29.8 Å². The maximum Gasteiger partial charge on any atom is 0.335 e. The number of anilines is 1. The van der Waals surface area contributed by atoms with E-state index in [0.29, 0.717) is 23.8 Å². The third-order valence-electron chi connectivity index (χ3n) is 4.57. The van der Waals surface area contributed by atoms with Gasteiger partial charge in [-0.15, -0.1) is 0 Å². The van der Waals surface area contributed by atoms with Crippen LogP contribution >= 0.6 is 0 Å². The van der Waals surface area contributed by atoms with E-state index in [1.54, 1.807) is 22.7 Å². The molecule has 4 rings (SSSR count). The van der Waals surface area contributed by atoms with Gasteiger partial charge in [0.25, 0.3) is 5.78 Å². The van der Waals surface area contributed by atoms with Gasteiger partial charge in [-0.05, 0) is 23.8 Å². The highest BCUT2D eigenvalue weighted by molar-refractivity contribution is 5.93. The number of fused-ring (bicyclic) bond motifs is 3. The van der Waals surface area contributed by atoms with E-state index in [-0.39, 0.29) is 11.0 Å². The van der Waals surface area contributed by atoms with E-state index in [4.69, 9.17) is 5.11 Å².